The lowest BCUT2D eigenvalue weighted by Crippen LogP contribution is -2.07. The molecule has 14 heavy (non-hydrogen) atoms. The summed E-state index contributed by atoms with van der Waals surface area (Å²) in [6.07, 6.45) is 3.54. The van der Waals surface area contributed by atoms with Crippen LogP contribution in [0.25, 0.3) is 0 Å². The van der Waals surface area contributed by atoms with Gasteiger partial charge in [0.15, 0.2) is 0 Å². The summed E-state index contributed by atoms with van der Waals surface area (Å²) >= 11 is 0. The molecule has 1 rings (SSSR count). The van der Waals surface area contributed by atoms with Gasteiger partial charge in [-0.05, 0) is 6.42 Å². The Hall–Kier alpha value is -1.33. The lowest BCUT2D eigenvalue weighted by Gasteiger charge is -1.96. The first-order chi connectivity index (χ1) is 6.72. The molecule has 0 N–H and O–H groups in total. The number of aryl methyl sites for hydroxylation is 1. The Morgan fingerprint density at radius 2 is 2.50 bits per heavy atom. The number of hydrogen-bond acceptors (Lipinski definition) is 4. The van der Waals surface area contributed by atoms with Crippen molar-refractivity contribution in [3.63, 3.8) is 0 Å². The van der Waals surface area contributed by atoms with Crippen LogP contribution >= 0.6 is 0 Å². The van der Waals surface area contributed by atoms with Crippen LogP contribution < -0.4 is 0 Å². The van der Waals surface area contributed by atoms with Crippen molar-refractivity contribution in [1.82, 2.24) is 15.0 Å². The largest absolute Gasteiger partial charge is 0.540 e. The van der Waals surface area contributed by atoms with E-state index in [4.69, 9.17) is 4.65 Å². The quantitative estimate of drug-likeness (QED) is 0.625. The zero-order valence-corrected chi connectivity index (χ0v) is 8.56. The van der Waals surface area contributed by atoms with Crippen molar-refractivity contribution >= 4 is 13.5 Å². The lowest BCUT2D eigenvalue weighted by atomic mass is 9.93. The van der Waals surface area contributed by atoms with Crippen LogP contribution in [0.4, 0.5) is 0 Å². The average molecular weight is 195 g/mol. The van der Waals surface area contributed by atoms with Crippen LogP contribution in [0.15, 0.2) is 6.20 Å². The minimum atomic E-state index is -0.258. The average Bonchev–Trinajstić information content (AvgIpc) is 2.53. The summed E-state index contributed by atoms with van der Waals surface area (Å²) in [7, 11) is 0.375. The van der Waals surface area contributed by atoms with Crippen LogP contribution in [0.2, 0.25) is 0 Å². The second kappa shape index (κ2) is 5.41. The van der Waals surface area contributed by atoms with Gasteiger partial charge in [-0.3, -0.25) is 9.48 Å². The summed E-state index contributed by atoms with van der Waals surface area (Å²) in [4.78, 5) is 10.5. The maximum Gasteiger partial charge on any atom is 0.349 e. The Balaban J connectivity index is 2.32. The van der Waals surface area contributed by atoms with Crippen molar-refractivity contribution < 1.29 is 9.45 Å². The maximum atomic E-state index is 10.5. The minimum Gasteiger partial charge on any atom is -0.540 e. The zero-order chi connectivity index (χ0) is 10.4. The van der Waals surface area contributed by atoms with Crippen LogP contribution in [0.5, 0.6) is 0 Å². The molecule has 5 nitrogen and oxygen atoms in total. The van der Waals surface area contributed by atoms with E-state index in [0.29, 0.717) is 13.8 Å². The third-order valence-electron chi connectivity index (χ3n) is 1.70. The van der Waals surface area contributed by atoms with Gasteiger partial charge in [0, 0.05) is 26.0 Å². The van der Waals surface area contributed by atoms with Crippen molar-refractivity contribution in [1.29, 1.82) is 0 Å². The van der Waals surface area contributed by atoms with Gasteiger partial charge in [0.1, 0.15) is 0 Å². The van der Waals surface area contributed by atoms with E-state index < -0.39 is 0 Å². The van der Waals surface area contributed by atoms with Crippen molar-refractivity contribution in [3.8, 4) is 0 Å². The van der Waals surface area contributed by atoms with E-state index in [-0.39, 0.29) is 5.97 Å². The predicted molar refractivity (Wildman–Crippen MR) is 52.9 cm³/mol. The molecule has 0 spiro atoms. The van der Waals surface area contributed by atoms with E-state index in [1.54, 1.807) is 4.68 Å². The van der Waals surface area contributed by atoms with Crippen molar-refractivity contribution in [2.45, 2.75) is 33.1 Å². The van der Waals surface area contributed by atoms with Gasteiger partial charge in [-0.15, -0.1) is 5.10 Å². The summed E-state index contributed by atoms with van der Waals surface area (Å²) in [6, 6.07) is 0. The molecule has 76 valence electrons. The number of nitrogens with zero attached hydrogens (tertiary/aromatic N) is 3. The van der Waals surface area contributed by atoms with Gasteiger partial charge in [0.05, 0.1) is 5.69 Å². The fourth-order valence-corrected chi connectivity index (χ4v) is 1.09. The smallest absolute Gasteiger partial charge is 0.349 e. The summed E-state index contributed by atoms with van der Waals surface area (Å²) in [5, 5.41) is 7.88. The maximum absolute atomic E-state index is 10.5. The SMILES string of the molecule is CCCn1cc(CBOC(C)=O)nn1. The summed E-state index contributed by atoms with van der Waals surface area (Å²) in [6.45, 7) is 4.36. The van der Waals surface area contributed by atoms with E-state index in [2.05, 4.69) is 17.2 Å². The normalized spacial score (nSPS) is 9.86. The van der Waals surface area contributed by atoms with E-state index >= 15 is 0 Å². The molecule has 0 saturated heterocycles. The molecule has 0 atom stereocenters. The van der Waals surface area contributed by atoms with Gasteiger partial charge in [-0.1, -0.05) is 12.1 Å². The molecule has 0 fully saturated rings. The molecule has 0 amide bonds. The summed E-state index contributed by atoms with van der Waals surface area (Å²) in [5.74, 6) is -0.258. The number of aromatic nitrogens is 3. The summed E-state index contributed by atoms with van der Waals surface area (Å²) < 4.78 is 6.59. The van der Waals surface area contributed by atoms with Gasteiger partial charge < -0.3 is 4.65 Å². The number of rotatable bonds is 5. The molecule has 0 aliphatic carbocycles. The topological polar surface area (TPSA) is 57.0 Å². The molecule has 6 heteroatoms. The highest BCUT2D eigenvalue weighted by atomic mass is 16.5. The molecule has 1 aromatic heterocycles. The molecule has 0 unspecified atom stereocenters. The van der Waals surface area contributed by atoms with Gasteiger partial charge in [-0.2, -0.15) is 0 Å². The first-order valence-corrected chi connectivity index (χ1v) is 4.74. The molecule has 0 bridgehead atoms. The van der Waals surface area contributed by atoms with Crippen molar-refractivity contribution in [3.05, 3.63) is 11.9 Å². The first-order valence-electron chi connectivity index (χ1n) is 4.74. The number of carbonyl (C=O) groups excluding carboxylic acids is 1. The van der Waals surface area contributed by atoms with Gasteiger partial charge in [0.2, 0.25) is 0 Å². The van der Waals surface area contributed by atoms with Gasteiger partial charge in [0.25, 0.3) is 5.97 Å². The third kappa shape index (κ3) is 3.59. The third-order valence-corrected chi connectivity index (χ3v) is 1.70. The molecule has 1 heterocycles. The molecule has 0 radical (unpaired) electrons. The van der Waals surface area contributed by atoms with Crippen LogP contribution in [-0.2, 0) is 22.3 Å². The Bertz CT molecular complexity index is 301. The zero-order valence-electron chi connectivity index (χ0n) is 8.56. The Morgan fingerprint density at radius 3 is 3.14 bits per heavy atom. The Labute approximate surface area is 83.7 Å². The van der Waals surface area contributed by atoms with Crippen LogP contribution in [0.1, 0.15) is 26.0 Å². The van der Waals surface area contributed by atoms with Crippen LogP contribution in [-0.4, -0.2) is 28.4 Å². The Morgan fingerprint density at radius 1 is 1.71 bits per heavy atom. The standard InChI is InChI=1S/C8H14BN3O2/c1-3-4-12-6-8(10-11-12)5-9-14-7(2)13/h6,9H,3-5H2,1-2H3. The van der Waals surface area contributed by atoms with Crippen LogP contribution in [0.3, 0.4) is 0 Å². The molecule has 1 aromatic rings. The van der Waals surface area contributed by atoms with Crippen molar-refractivity contribution in [2.75, 3.05) is 0 Å². The number of carbonyl (C=O) groups is 1. The van der Waals surface area contributed by atoms with Gasteiger partial charge >= 0.3 is 7.48 Å². The predicted octanol–water partition coefficient (Wildman–Crippen LogP) is 0.103. The van der Waals surface area contributed by atoms with Crippen molar-refractivity contribution in [2.24, 2.45) is 0 Å². The molecule has 0 aromatic carbocycles. The highest BCUT2D eigenvalue weighted by molar-refractivity contribution is 6.29. The summed E-state index contributed by atoms with van der Waals surface area (Å²) in [5.41, 5.74) is 0.861. The number of hydrogen-bond donors (Lipinski definition) is 0. The highest BCUT2D eigenvalue weighted by Crippen LogP contribution is 1.95. The van der Waals surface area contributed by atoms with E-state index in [1.807, 2.05) is 6.20 Å². The van der Waals surface area contributed by atoms with Crippen LogP contribution in [0, 0.1) is 0 Å². The molecular weight excluding hydrogens is 181 g/mol. The molecule has 0 aliphatic heterocycles. The highest BCUT2D eigenvalue weighted by Gasteiger charge is 2.03. The lowest BCUT2D eigenvalue weighted by molar-refractivity contribution is -0.131. The minimum absolute atomic E-state index is 0.258. The van der Waals surface area contributed by atoms with E-state index in [9.17, 15) is 4.79 Å². The molecule has 0 saturated carbocycles. The monoisotopic (exact) mass is 195 g/mol. The van der Waals surface area contributed by atoms with E-state index in [1.165, 1.54) is 6.92 Å². The fraction of sp³-hybridized carbons (Fsp3) is 0.625. The Kier molecular flexibility index (Phi) is 4.16. The second-order valence-corrected chi connectivity index (χ2v) is 3.06. The van der Waals surface area contributed by atoms with Gasteiger partial charge in [-0.25, -0.2) is 0 Å². The molecule has 0 aliphatic rings. The second-order valence-electron chi connectivity index (χ2n) is 3.06. The van der Waals surface area contributed by atoms with E-state index in [0.717, 1.165) is 18.7 Å². The first kappa shape index (κ1) is 10.8. The molecular formula is C8H14BN3O2. The fourth-order valence-electron chi connectivity index (χ4n) is 1.09.